The van der Waals surface area contributed by atoms with Gasteiger partial charge in [-0.3, -0.25) is 5.01 Å². The normalized spacial score (nSPS) is 17.5. The molecular weight excluding hydrogens is 300 g/mol. The lowest BCUT2D eigenvalue weighted by Crippen LogP contribution is -2.19. The van der Waals surface area contributed by atoms with E-state index < -0.39 is 5.97 Å². The molecule has 2 aromatic rings. The van der Waals surface area contributed by atoms with E-state index in [4.69, 9.17) is 11.6 Å². The number of nitrogens with zero attached hydrogens (tertiary/aromatic N) is 2. The zero-order valence-electron chi connectivity index (χ0n) is 12.0. The van der Waals surface area contributed by atoms with Crippen molar-refractivity contribution in [1.29, 1.82) is 0 Å². The highest BCUT2D eigenvalue weighted by Crippen LogP contribution is 2.38. The Kier molecular flexibility index (Phi) is 3.86. The maximum absolute atomic E-state index is 11.3. The average Bonchev–Trinajstić information content (AvgIpc) is 2.96. The van der Waals surface area contributed by atoms with Crippen molar-refractivity contribution in [3.05, 3.63) is 64.7 Å². The molecule has 0 amide bonds. The van der Waals surface area contributed by atoms with Crippen LogP contribution in [0.2, 0.25) is 5.02 Å². The highest BCUT2D eigenvalue weighted by molar-refractivity contribution is 6.36. The Bertz CT molecular complexity index is 744. The van der Waals surface area contributed by atoms with E-state index in [2.05, 4.69) is 5.10 Å². The summed E-state index contributed by atoms with van der Waals surface area (Å²) in [5, 5.41) is 16.0. The topological polar surface area (TPSA) is 52.9 Å². The van der Waals surface area contributed by atoms with Crippen molar-refractivity contribution < 1.29 is 9.90 Å². The molecule has 0 saturated carbocycles. The van der Waals surface area contributed by atoms with Gasteiger partial charge in [0.25, 0.3) is 0 Å². The number of benzene rings is 2. The van der Waals surface area contributed by atoms with E-state index in [0.717, 1.165) is 16.8 Å². The standard InChI is InChI=1S/C17H15ClN2O2/c1-11-13(18)8-5-9-15(11)20-16(10-14(19-20)17(21)22)12-6-3-2-4-7-12/h2-9,16H,10H2,1H3,(H,21,22)/t16-/m0/s1. The Morgan fingerprint density at radius 3 is 2.64 bits per heavy atom. The molecule has 0 radical (unpaired) electrons. The smallest absolute Gasteiger partial charge is 0.352 e. The number of hydrogen-bond acceptors (Lipinski definition) is 3. The number of carbonyl (C=O) groups is 1. The highest BCUT2D eigenvalue weighted by Gasteiger charge is 2.33. The molecule has 0 aliphatic carbocycles. The van der Waals surface area contributed by atoms with Crippen LogP contribution in [0.4, 0.5) is 5.69 Å². The van der Waals surface area contributed by atoms with Crippen LogP contribution >= 0.6 is 11.6 Å². The van der Waals surface area contributed by atoms with Crippen LogP contribution in [0.5, 0.6) is 0 Å². The van der Waals surface area contributed by atoms with Crippen molar-refractivity contribution in [3.63, 3.8) is 0 Å². The predicted octanol–water partition coefficient (Wildman–Crippen LogP) is 4.04. The predicted molar refractivity (Wildman–Crippen MR) is 87.5 cm³/mol. The van der Waals surface area contributed by atoms with Gasteiger partial charge in [-0.25, -0.2) is 4.79 Å². The summed E-state index contributed by atoms with van der Waals surface area (Å²) in [6.07, 6.45) is 0.366. The fraction of sp³-hybridized carbons (Fsp3) is 0.176. The van der Waals surface area contributed by atoms with Crippen LogP contribution in [0.1, 0.15) is 23.6 Å². The van der Waals surface area contributed by atoms with E-state index in [1.165, 1.54) is 0 Å². The third-order valence-electron chi connectivity index (χ3n) is 3.83. The monoisotopic (exact) mass is 314 g/mol. The second-order valence-corrected chi connectivity index (χ2v) is 5.62. The number of halogens is 1. The molecule has 1 heterocycles. The molecule has 0 unspecified atom stereocenters. The van der Waals surface area contributed by atoms with Gasteiger partial charge >= 0.3 is 5.97 Å². The minimum atomic E-state index is -0.983. The molecule has 0 saturated heterocycles. The largest absolute Gasteiger partial charge is 0.477 e. The maximum Gasteiger partial charge on any atom is 0.352 e. The van der Waals surface area contributed by atoms with Gasteiger partial charge in [-0.2, -0.15) is 5.10 Å². The maximum atomic E-state index is 11.3. The van der Waals surface area contributed by atoms with Gasteiger partial charge in [-0.15, -0.1) is 0 Å². The quantitative estimate of drug-likeness (QED) is 0.930. The second-order valence-electron chi connectivity index (χ2n) is 5.21. The molecule has 4 nitrogen and oxygen atoms in total. The van der Waals surface area contributed by atoms with E-state index in [0.29, 0.717) is 11.4 Å². The SMILES string of the molecule is Cc1c(Cl)cccc1N1N=C(C(=O)O)C[C@H]1c1ccccc1. The second kappa shape index (κ2) is 5.81. The van der Waals surface area contributed by atoms with Crippen LogP contribution in [0, 0.1) is 6.92 Å². The first kappa shape index (κ1) is 14.6. The fourth-order valence-corrected chi connectivity index (χ4v) is 2.81. The summed E-state index contributed by atoms with van der Waals surface area (Å²) in [7, 11) is 0. The molecule has 0 fully saturated rings. The van der Waals surface area contributed by atoms with E-state index in [1.807, 2.05) is 55.5 Å². The number of aliphatic carboxylic acids is 1. The molecule has 3 rings (SSSR count). The molecule has 1 atom stereocenters. The molecule has 22 heavy (non-hydrogen) atoms. The molecule has 0 spiro atoms. The summed E-state index contributed by atoms with van der Waals surface area (Å²) in [6, 6.07) is 15.2. The first-order chi connectivity index (χ1) is 10.6. The van der Waals surface area contributed by atoms with Gasteiger partial charge in [-0.1, -0.05) is 48.0 Å². The molecule has 0 bridgehead atoms. The number of hydrazone groups is 1. The molecule has 112 valence electrons. The van der Waals surface area contributed by atoms with Crippen molar-refractivity contribution in [3.8, 4) is 0 Å². The average molecular weight is 315 g/mol. The van der Waals surface area contributed by atoms with Crippen molar-refractivity contribution in [2.75, 3.05) is 5.01 Å². The third kappa shape index (κ3) is 2.57. The Labute approximate surface area is 133 Å². The molecule has 0 aromatic heterocycles. The molecule has 2 aromatic carbocycles. The molecule has 5 heteroatoms. The van der Waals surface area contributed by atoms with Gasteiger partial charge in [-0.05, 0) is 30.2 Å². The lowest BCUT2D eigenvalue weighted by molar-refractivity contribution is -0.129. The van der Waals surface area contributed by atoms with Crippen LogP contribution in [0.25, 0.3) is 0 Å². The van der Waals surface area contributed by atoms with Gasteiger partial charge in [0.1, 0.15) is 5.71 Å². The first-order valence-corrected chi connectivity index (χ1v) is 7.36. The summed E-state index contributed by atoms with van der Waals surface area (Å²) in [5.74, 6) is -0.983. The van der Waals surface area contributed by atoms with Gasteiger partial charge in [0.15, 0.2) is 0 Å². The zero-order chi connectivity index (χ0) is 15.7. The third-order valence-corrected chi connectivity index (χ3v) is 4.24. The lowest BCUT2D eigenvalue weighted by Gasteiger charge is -2.25. The Morgan fingerprint density at radius 1 is 1.23 bits per heavy atom. The van der Waals surface area contributed by atoms with Crippen molar-refractivity contribution in [1.82, 2.24) is 0 Å². The molecule has 1 aliphatic heterocycles. The number of hydrogen-bond donors (Lipinski definition) is 1. The number of anilines is 1. The number of carboxylic acid groups (broad SMARTS) is 1. The number of rotatable bonds is 3. The highest BCUT2D eigenvalue weighted by atomic mass is 35.5. The van der Waals surface area contributed by atoms with Gasteiger partial charge in [0, 0.05) is 11.4 Å². The summed E-state index contributed by atoms with van der Waals surface area (Å²) < 4.78 is 0. The minimum Gasteiger partial charge on any atom is -0.477 e. The van der Waals surface area contributed by atoms with Gasteiger partial charge in [0.2, 0.25) is 0 Å². The number of carboxylic acids is 1. The summed E-state index contributed by atoms with van der Waals surface area (Å²) in [5.41, 5.74) is 2.91. The van der Waals surface area contributed by atoms with Crippen molar-refractivity contribution in [2.24, 2.45) is 5.10 Å². The Morgan fingerprint density at radius 2 is 1.95 bits per heavy atom. The zero-order valence-corrected chi connectivity index (χ0v) is 12.8. The van der Waals surface area contributed by atoms with Crippen molar-refractivity contribution in [2.45, 2.75) is 19.4 Å². The van der Waals surface area contributed by atoms with E-state index in [-0.39, 0.29) is 11.8 Å². The lowest BCUT2D eigenvalue weighted by atomic mass is 10.0. The van der Waals surface area contributed by atoms with Crippen LogP contribution in [0.15, 0.2) is 53.6 Å². The summed E-state index contributed by atoms with van der Waals surface area (Å²) in [4.78, 5) is 11.3. The fourth-order valence-electron chi connectivity index (χ4n) is 2.64. The van der Waals surface area contributed by atoms with Gasteiger partial charge < -0.3 is 5.11 Å². The van der Waals surface area contributed by atoms with Gasteiger partial charge in [0.05, 0.1) is 11.7 Å². The van der Waals surface area contributed by atoms with Crippen LogP contribution in [-0.2, 0) is 4.79 Å². The van der Waals surface area contributed by atoms with E-state index >= 15 is 0 Å². The Balaban J connectivity index is 2.07. The first-order valence-electron chi connectivity index (χ1n) is 6.98. The minimum absolute atomic E-state index is 0.135. The van der Waals surface area contributed by atoms with Crippen LogP contribution < -0.4 is 5.01 Å². The van der Waals surface area contributed by atoms with Crippen LogP contribution in [0.3, 0.4) is 0 Å². The van der Waals surface area contributed by atoms with E-state index in [1.54, 1.807) is 5.01 Å². The van der Waals surface area contributed by atoms with Crippen LogP contribution in [-0.4, -0.2) is 16.8 Å². The molecular formula is C17H15ClN2O2. The summed E-state index contributed by atoms with van der Waals surface area (Å²) >= 11 is 6.19. The molecule has 1 aliphatic rings. The van der Waals surface area contributed by atoms with Crippen molar-refractivity contribution >= 4 is 29.0 Å². The molecule has 1 N–H and O–H groups in total. The Hall–Kier alpha value is -2.33. The van der Waals surface area contributed by atoms with E-state index in [9.17, 15) is 9.90 Å². The summed E-state index contributed by atoms with van der Waals surface area (Å²) in [6.45, 7) is 1.91.